The van der Waals surface area contributed by atoms with Gasteiger partial charge in [0.05, 0.1) is 22.3 Å². The molecule has 1 fully saturated rings. The number of fused-ring (bicyclic) bond motifs is 1. The second-order valence-corrected chi connectivity index (χ2v) is 9.68. The largest absolute Gasteiger partial charge is 0.418 e. The molecular formula is C29H28F3N7O2. The highest BCUT2D eigenvalue weighted by atomic mass is 19.4. The van der Waals surface area contributed by atoms with Crippen LogP contribution in [-0.4, -0.2) is 67.1 Å². The Hall–Kier alpha value is -4.71. The smallest absolute Gasteiger partial charge is 0.368 e. The predicted octanol–water partition coefficient (Wildman–Crippen LogP) is 5.07. The third kappa shape index (κ3) is 6.22. The Balaban J connectivity index is 1.31. The number of piperazine rings is 1. The van der Waals surface area contributed by atoms with Gasteiger partial charge >= 0.3 is 12.2 Å². The molecule has 41 heavy (non-hydrogen) atoms. The third-order valence-corrected chi connectivity index (χ3v) is 6.88. The van der Waals surface area contributed by atoms with Gasteiger partial charge in [-0.1, -0.05) is 12.1 Å². The Morgan fingerprint density at radius 3 is 2.27 bits per heavy atom. The normalized spacial score (nSPS) is 14.1. The molecule has 1 aliphatic heterocycles. The topological polar surface area (TPSA) is 102 Å². The van der Waals surface area contributed by atoms with Crippen LogP contribution in [0.25, 0.3) is 22.3 Å². The molecule has 2 aromatic heterocycles. The maximum atomic E-state index is 13.9. The minimum absolute atomic E-state index is 0.0278. The van der Waals surface area contributed by atoms with Gasteiger partial charge < -0.3 is 25.8 Å². The van der Waals surface area contributed by atoms with Crippen molar-refractivity contribution in [1.29, 1.82) is 0 Å². The van der Waals surface area contributed by atoms with Gasteiger partial charge in [-0.2, -0.15) is 13.2 Å². The molecule has 4 aromatic rings. The van der Waals surface area contributed by atoms with E-state index in [0.29, 0.717) is 59.7 Å². The van der Waals surface area contributed by atoms with Gasteiger partial charge in [0.15, 0.2) is 0 Å². The average molecular weight is 564 g/mol. The van der Waals surface area contributed by atoms with Gasteiger partial charge in [0.25, 0.3) is 5.91 Å². The summed E-state index contributed by atoms with van der Waals surface area (Å²) in [5, 5.41) is 7.74. The number of nitrogens with one attached hydrogen (secondary N) is 3. The van der Waals surface area contributed by atoms with Crippen molar-refractivity contribution in [1.82, 2.24) is 20.2 Å². The first-order chi connectivity index (χ1) is 19.6. The summed E-state index contributed by atoms with van der Waals surface area (Å²) in [4.78, 5) is 37.7. The second-order valence-electron chi connectivity index (χ2n) is 9.68. The fourth-order valence-electron chi connectivity index (χ4n) is 4.70. The van der Waals surface area contributed by atoms with Gasteiger partial charge in [-0.15, -0.1) is 0 Å². The quantitative estimate of drug-likeness (QED) is 0.313. The molecule has 5 rings (SSSR count). The molecule has 3 amide bonds. The zero-order chi connectivity index (χ0) is 29.1. The number of carbonyl (C=O) groups excluding carboxylic acids is 2. The van der Waals surface area contributed by atoms with E-state index in [0.717, 1.165) is 6.07 Å². The molecule has 212 valence electrons. The van der Waals surface area contributed by atoms with Gasteiger partial charge in [0.1, 0.15) is 5.52 Å². The highest BCUT2D eigenvalue weighted by molar-refractivity contribution is 6.05. The fraction of sp³-hybridized carbons (Fsp3) is 0.241. The molecule has 0 bridgehead atoms. The van der Waals surface area contributed by atoms with Crippen LogP contribution in [0.3, 0.4) is 0 Å². The molecule has 0 aliphatic carbocycles. The van der Waals surface area contributed by atoms with Crippen molar-refractivity contribution >= 4 is 40.0 Å². The molecule has 1 saturated heterocycles. The van der Waals surface area contributed by atoms with Gasteiger partial charge in [-0.25, -0.2) is 9.78 Å². The summed E-state index contributed by atoms with van der Waals surface area (Å²) >= 11 is 0. The Kier molecular flexibility index (Phi) is 7.75. The second kappa shape index (κ2) is 11.4. The number of anilines is 3. The van der Waals surface area contributed by atoms with E-state index in [-0.39, 0.29) is 17.3 Å². The van der Waals surface area contributed by atoms with Crippen LogP contribution in [0, 0.1) is 0 Å². The number of aromatic nitrogens is 2. The number of likely N-dealkylation sites (N-methyl/N-ethyl adjacent to an activating group) is 1. The highest BCUT2D eigenvalue weighted by Gasteiger charge is 2.36. The van der Waals surface area contributed by atoms with Crippen LogP contribution < -0.4 is 20.9 Å². The zero-order valence-electron chi connectivity index (χ0n) is 22.4. The number of benzene rings is 2. The molecule has 9 nitrogen and oxygen atoms in total. The van der Waals surface area contributed by atoms with Crippen LogP contribution in [0.2, 0.25) is 0 Å². The van der Waals surface area contributed by atoms with Crippen molar-refractivity contribution in [3.8, 4) is 11.3 Å². The van der Waals surface area contributed by atoms with E-state index < -0.39 is 17.8 Å². The van der Waals surface area contributed by atoms with Crippen molar-refractivity contribution in [2.75, 3.05) is 55.8 Å². The van der Waals surface area contributed by atoms with Crippen LogP contribution in [-0.2, 0) is 6.18 Å². The SMILES string of the molecule is CNC(=O)c1cc(-c2ccc(NC(=O)Nc3ccc(N4CCN(C)CC4)c(C(F)(F)F)c3)cc2)nc2cccnc12. The number of rotatable bonds is 5. The van der Waals surface area contributed by atoms with E-state index in [1.165, 1.54) is 19.2 Å². The van der Waals surface area contributed by atoms with Gasteiger partial charge in [-0.05, 0) is 55.6 Å². The van der Waals surface area contributed by atoms with E-state index in [1.807, 2.05) is 7.05 Å². The Bertz CT molecular complexity index is 1580. The lowest BCUT2D eigenvalue weighted by Gasteiger charge is -2.35. The van der Waals surface area contributed by atoms with Crippen molar-refractivity contribution in [2.45, 2.75) is 6.18 Å². The number of amides is 3. The minimum Gasteiger partial charge on any atom is -0.368 e. The number of hydrogen-bond donors (Lipinski definition) is 3. The standard InChI is InChI=1S/C29H28F3N7O2/c1-33-27(40)21-17-24(37-23-4-3-11-34-26(21)23)18-5-7-19(8-6-18)35-28(41)36-20-9-10-25(22(16-20)29(30,31)32)39-14-12-38(2)13-15-39/h3-11,16-17H,12-15H2,1-2H3,(H,33,40)(H2,35,36,41). The fourth-order valence-corrected chi connectivity index (χ4v) is 4.70. The Morgan fingerprint density at radius 1 is 0.902 bits per heavy atom. The van der Waals surface area contributed by atoms with Crippen molar-refractivity contribution in [3.05, 3.63) is 78.0 Å². The van der Waals surface area contributed by atoms with Gasteiger partial charge in [0.2, 0.25) is 0 Å². The first-order valence-corrected chi connectivity index (χ1v) is 12.9. The molecule has 3 heterocycles. The van der Waals surface area contributed by atoms with Crippen LogP contribution >= 0.6 is 0 Å². The van der Waals surface area contributed by atoms with Crippen molar-refractivity contribution in [2.24, 2.45) is 0 Å². The highest BCUT2D eigenvalue weighted by Crippen LogP contribution is 2.38. The van der Waals surface area contributed by atoms with Crippen molar-refractivity contribution < 1.29 is 22.8 Å². The minimum atomic E-state index is -4.58. The molecule has 2 aromatic carbocycles. The van der Waals surface area contributed by atoms with Gasteiger partial charge in [-0.3, -0.25) is 9.78 Å². The van der Waals surface area contributed by atoms with E-state index in [2.05, 4.69) is 30.8 Å². The number of hydrogen-bond acceptors (Lipinski definition) is 6. The lowest BCUT2D eigenvalue weighted by molar-refractivity contribution is -0.137. The van der Waals surface area contributed by atoms with E-state index in [4.69, 9.17) is 0 Å². The number of alkyl halides is 3. The summed E-state index contributed by atoms with van der Waals surface area (Å²) in [6.45, 7) is 2.31. The molecular weight excluding hydrogens is 535 g/mol. The molecule has 0 radical (unpaired) electrons. The number of halogens is 3. The molecule has 3 N–H and O–H groups in total. The lowest BCUT2D eigenvalue weighted by Crippen LogP contribution is -2.45. The molecule has 1 aliphatic rings. The van der Waals surface area contributed by atoms with Crippen LogP contribution in [0.5, 0.6) is 0 Å². The Morgan fingerprint density at radius 2 is 1.59 bits per heavy atom. The summed E-state index contributed by atoms with van der Waals surface area (Å²) in [6, 6.07) is 15.0. The number of urea groups is 1. The molecule has 0 atom stereocenters. The first-order valence-electron chi connectivity index (χ1n) is 12.9. The number of carbonyl (C=O) groups is 2. The summed E-state index contributed by atoms with van der Waals surface area (Å²) < 4.78 is 41.7. The average Bonchev–Trinajstić information content (AvgIpc) is 2.96. The maximum absolute atomic E-state index is 13.9. The molecule has 0 saturated carbocycles. The number of pyridine rings is 2. The van der Waals surface area contributed by atoms with E-state index in [1.54, 1.807) is 53.6 Å². The summed E-state index contributed by atoms with van der Waals surface area (Å²) in [7, 11) is 3.47. The van der Waals surface area contributed by atoms with Crippen LogP contribution in [0.15, 0.2) is 66.9 Å². The van der Waals surface area contributed by atoms with Crippen LogP contribution in [0.1, 0.15) is 15.9 Å². The summed E-state index contributed by atoms with van der Waals surface area (Å²) in [6.07, 6.45) is -2.99. The summed E-state index contributed by atoms with van der Waals surface area (Å²) in [5.41, 5.74) is 2.42. The van der Waals surface area contributed by atoms with E-state index >= 15 is 0 Å². The Labute approximate surface area is 234 Å². The molecule has 12 heteroatoms. The maximum Gasteiger partial charge on any atom is 0.418 e. The lowest BCUT2D eigenvalue weighted by atomic mass is 10.1. The molecule has 0 unspecified atom stereocenters. The van der Waals surface area contributed by atoms with Crippen LogP contribution in [0.4, 0.5) is 35.0 Å². The van der Waals surface area contributed by atoms with E-state index in [9.17, 15) is 22.8 Å². The predicted molar refractivity (Wildman–Crippen MR) is 152 cm³/mol. The monoisotopic (exact) mass is 563 g/mol. The zero-order valence-corrected chi connectivity index (χ0v) is 22.4. The first kappa shape index (κ1) is 27.8. The molecule has 0 spiro atoms. The summed E-state index contributed by atoms with van der Waals surface area (Å²) in [5.74, 6) is -0.294. The van der Waals surface area contributed by atoms with Crippen molar-refractivity contribution in [3.63, 3.8) is 0 Å². The number of nitrogens with zero attached hydrogens (tertiary/aromatic N) is 4. The third-order valence-electron chi connectivity index (χ3n) is 6.88. The van der Waals surface area contributed by atoms with Gasteiger partial charge in [0, 0.05) is 62.0 Å².